The minimum Gasteiger partial charge on any atom is -0.258 e. The Morgan fingerprint density at radius 2 is 2.35 bits per heavy atom. The van der Waals surface area contributed by atoms with Crippen molar-refractivity contribution in [2.45, 2.75) is 13.3 Å². The van der Waals surface area contributed by atoms with Crippen LogP contribution in [-0.4, -0.2) is 11.5 Å². The van der Waals surface area contributed by atoms with E-state index in [4.69, 9.17) is 5.53 Å². The Morgan fingerprint density at radius 1 is 1.59 bits per heavy atom. The highest BCUT2D eigenvalue weighted by atomic mass is 16.6. The van der Waals surface area contributed by atoms with Gasteiger partial charge >= 0.3 is 0 Å². The molecule has 86 valence electrons. The number of nitro benzene ring substituents is 1. The van der Waals surface area contributed by atoms with Gasteiger partial charge in [0.1, 0.15) is 5.56 Å². The molecule has 6 heteroatoms. The molecule has 0 radical (unpaired) electrons. The van der Waals surface area contributed by atoms with Gasteiger partial charge in [-0.2, -0.15) is 0 Å². The van der Waals surface area contributed by atoms with Crippen molar-refractivity contribution in [1.82, 2.24) is 0 Å². The highest BCUT2D eigenvalue weighted by Crippen LogP contribution is 2.18. The first-order valence-corrected chi connectivity index (χ1v) is 4.90. The van der Waals surface area contributed by atoms with Crippen LogP contribution in [0.5, 0.6) is 0 Å². The molecule has 0 aliphatic rings. The van der Waals surface area contributed by atoms with Gasteiger partial charge in [-0.25, -0.2) is 0 Å². The smallest absolute Gasteiger partial charge is 0.258 e. The van der Waals surface area contributed by atoms with Gasteiger partial charge < -0.3 is 0 Å². The SMILES string of the molecule is Cc1ccc([N+](=O)[O-])c(C#CCCN=[N+]=[N-])c1. The van der Waals surface area contributed by atoms with Gasteiger partial charge in [-0.15, -0.1) is 0 Å². The molecule has 0 unspecified atom stereocenters. The first-order valence-electron chi connectivity index (χ1n) is 4.90. The summed E-state index contributed by atoms with van der Waals surface area (Å²) in [5.41, 5.74) is 9.35. The maximum atomic E-state index is 10.7. The molecule has 17 heavy (non-hydrogen) atoms. The van der Waals surface area contributed by atoms with Crippen LogP contribution in [0.15, 0.2) is 23.3 Å². The maximum Gasteiger partial charge on any atom is 0.284 e. The standard InChI is InChI=1S/C11H10N4O2/c1-9-5-6-11(15(16)17)10(8-9)4-2-3-7-13-14-12/h5-6,8H,3,7H2,1H3. The molecule has 1 aromatic carbocycles. The van der Waals surface area contributed by atoms with Crippen LogP contribution < -0.4 is 0 Å². The van der Waals surface area contributed by atoms with Crippen LogP contribution in [0.3, 0.4) is 0 Å². The molecule has 0 bridgehead atoms. The van der Waals surface area contributed by atoms with Gasteiger partial charge in [0, 0.05) is 23.9 Å². The number of hydrogen-bond acceptors (Lipinski definition) is 3. The highest BCUT2D eigenvalue weighted by molar-refractivity contribution is 5.52. The fourth-order valence-electron chi connectivity index (χ4n) is 1.22. The fraction of sp³-hybridized carbons (Fsp3) is 0.273. The zero-order chi connectivity index (χ0) is 12.7. The van der Waals surface area contributed by atoms with E-state index in [0.717, 1.165) is 5.56 Å². The van der Waals surface area contributed by atoms with Gasteiger partial charge in [-0.1, -0.05) is 23.0 Å². The Hall–Kier alpha value is -2.51. The molecule has 0 aliphatic carbocycles. The molecule has 0 aromatic heterocycles. The van der Waals surface area contributed by atoms with Crippen LogP contribution in [0.4, 0.5) is 5.69 Å². The van der Waals surface area contributed by atoms with Crippen LogP contribution >= 0.6 is 0 Å². The third-order valence-electron chi connectivity index (χ3n) is 1.97. The second kappa shape index (κ2) is 6.16. The van der Waals surface area contributed by atoms with Gasteiger partial charge in [0.15, 0.2) is 0 Å². The Labute approximate surface area is 98.0 Å². The van der Waals surface area contributed by atoms with E-state index in [0.29, 0.717) is 12.0 Å². The second-order valence-electron chi connectivity index (χ2n) is 3.28. The molecule has 0 amide bonds. The van der Waals surface area contributed by atoms with Crippen molar-refractivity contribution in [2.75, 3.05) is 6.54 Å². The fourth-order valence-corrected chi connectivity index (χ4v) is 1.22. The number of rotatable bonds is 3. The zero-order valence-electron chi connectivity index (χ0n) is 9.25. The molecule has 0 saturated heterocycles. The Morgan fingerprint density at radius 3 is 3.00 bits per heavy atom. The van der Waals surface area contributed by atoms with Crippen molar-refractivity contribution in [3.63, 3.8) is 0 Å². The molecule has 0 saturated carbocycles. The normalized spacial score (nSPS) is 8.76. The molecule has 0 atom stereocenters. The van der Waals surface area contributed by atoms with Gasteiger partial charge in [-0.05, 0) is 24.1 Å². The largest absolute Gasteiger partial charge is 0.284 e. The predicted molar refractivity (Wildman–Crippen MR) is 63.3 cm³/mol. The van der Waals surface area contributed by atoms with Crippen LogP contribution in [0, 0.1) is 28.9 Å². The molecule has 0 heterocycles. The first kappa shape index (κ1) is 12.6. The molecule has 0 aliphatic heterocycles. The molecule has 1 rings (SSSR count). The first-order chi connectivity index (χ1) is 8.15. The van der Waals surface area contributed by atoms with E-state index in [1.807, 2.05) is 6.92 Å². The van der Waals surface area contributed by atoms with Crippen molar-refractivity contribution < 1.29 is 4.92 Å². The molecule has 6 nitrogen and oxygen atoms in total. The lowest BCUT2D eigenvalue weighted by Crippen LogP contribution is -1.92. The van der Waals surface area contributed by atoms with E-state index < -0.39 is 4.92 Å². The maximum absolute atomic E-state index is 10.7. The van der Waals surface area contributed by atoms with Crippen LogP contribution in [0.2, 0.25) is 0 Å². The van der Waals surface area contributed by atoms with E-state index in [9.17, 15) is 10.1 Å². The van der Waals surface area contributed by atoms with Crippen LogP contribution in [0.1, 0.15) is 17.5 Å². The summed E-state index contributed by atoms with van der Waals surface area (Å²) in [5, 5.41) is 14.1. The minimum absolute atomic E-state index is 0.00751. The number of azide groups is 1. The molecule has 0 spiro atoms. The quantitative estimate of drug-likeness (QED) is 0.152. The summed E-state index contributed by atoms with van der Waals surface area (Å²) in [4.78, 5) is 12.9. The summed E-state index contributed by atoms with van der Waals surface area (Å²) in [6, 6.07) is 4.77. The topological polar surface area (TPSA) is 91.9 Å². The number of nitro groups is 1. The summed E-state index contributed by atoms with van der Waals surface area (Å²) in [6.07, 6.45) is 0.384. The number of hydrogen-bond donors (Lipinski definition) is 0. The Balaban J connectivity index is 2.91. The van der Waals surface area contributed by atoms with Gasteiger partial charge in [0.25, 0.3) is 5.69 Å². The Kier molecular flexibility index (Phi) is 4.55. The lowest BCUT2D eigenvalue weighted by atomic mass is 10.1. The van der Waals surface area contributed by atoms with E-state index in [2.05, 4.69) is 21.9 Å². The third-order valence-corrected chi connectivity index (χ3v) is 1.97. The average Bonchev–Trinajstić information content (AvgIpc) is 2.28. The van der Waals surface area contributed by atoms with Gasteiger partial charge in [-0.3, -0.25) is 10.1 Å². The van der Waals surface area contributed by atoms with Crippen molar-refractivity contribution in [2.24, 2.45) is 5.11 Å². The summed E-state index contributed by atoms with van der Waals surface area (Å²) >= 11 is 0. The third kappa shape index (κ3) is 3.86. The average molecular weight is 230 g/mol. The van der Waals surface area contributed by atoms with E-state index in [-0.39, 0.29) is 12.2 Å². The van der Waals surface area contributed by atoms with Crippen molar-refractivity contribution in [1.29, 1.82) is 0 Å². The van der Waals surface area contributed by atoms with Crippen molar-refractivity contribution in [3.8, 4) is 11.8 Å². The molecular formula is C11H10N4O2. The summed E-state index contributed by atoms with van der Waals surface area (Å²) in [6.45, 7) is 2.11. The highest BCUT2D eigenvalue weighted by Gasteiger charge is 2.10. The molecule has 0 fully saturated rings. The molecule has 0 N–H and O–H groups in total. The summed E-state index contributed by atoms with van der Waals surface area (Å²) < 4.78 is 0. The number of aryl methyl sites for hydroxylation is 1. The van der Waals surface area contributed by atoms with Gasteiger partial charge in [0.05, 0.1) is 4.92 Å². The van der Waals surface area contributed by atoms with E-state index in [1.165, 1.54) is 6.07 Å². The summed E-state index contributed by atoms with van der Waals surface area (Å²) in [7, 11) is 0. The molecular weight excluding hydrogens is 220 g/mol. The lowest BCUT2D eigenvalue weighted by Gasteiger charge is -1.96. The zero-order valence-corrected chi connectivity index (χ0v) is 9.25. The van der Waals surface area contributed by atoms with Crippen LogP contribution in [-0.2, 0) is 0 Å². The van der Waals surface area contributed by atoms with E-state index >= 15 is 0 Å². The predicted octanol–water partition coefficient (Wildman–Crippen LogP) is 2.96. The number of nitrogens with zero attached hydrogens (tertiary/aromatic N) is 4. The van der Waals surface area contributed by atoms with Crippen molar-refractivity contribution in [3.05, 3.63) is 49.9 Å². The second-order valence-corrected chi connectivity index (χ2v) is 3.28. The van der Waals surface area contributed by atoms with Crippen molar-refractivity contribution >= 4 is 5.69 Å². The lowest BCUT2D eigenvalue weighted by molar-refractivity contribution is -0.385. The Bertz CT molecular complexity index is 536. The monoisotopic (exact) mass is 230 g/mol. The minimum atomic E-state index is -0.461. The number of benzene rings is 1. The summed E-state index contributed by atoms with van der Waals surface area (Å²) in [5.74, 6) is 5.46. The van der Waals surface area contributed by atoms with Gasteiger partial charge in [0.2, 0.25) is 0 Å². The van der Waals surface area contributed by atoms with Crippen LogP contribution in [0.25, 0.3) is 10.4 Å². The molecule has 1 aromatic rings. The van der Waals surface area contributed by atoms with E-state index in [1.54, 1.807) is 12.1 Å².